The topological polar surface area (TPSA) is 65.5 Å². The summed E-state index contributed by atoms with van der Waals surface area (Å²) < 4.78 is 10.0. The van der Waals surface area contributed by atoms with Crippen molar-refractivity contribution < 1.29 is 19.1 Å². The van der Waals surface area contributed by atoms with Crippen LogP contribution in [-0.4, -0.2) is 30.1 Å². The summed E-state index contributed by atoms with van der Waals surface area (Å²) >= 11 is 0. The Morgan fingerprint density at radius 2 is 1.95 bits per heavy atom. The number of esters is 2. The van der Waals surface area contributed by atoms with Gasteiger partial charge in [-0.15, -0.1) is 0 Å². The summed E-state index contributed by atoms with van der Waals surface area (Å²) in [5.41, 5.74) is -0.129. The van der Waals surface area contributed by atoms with Crippen molar-refractivity contribution in [1.29, 1.82) is 0 Å². The molecule has 1 aromatic rings. The van der Waals surface area contributed by atoms with Crippen molar-refractivity contribution in [2.75, 3.05) is 13.2 Å². The van der Waals surface area contributed by atoms with Gasteiger partial charge in [-0.2, -0.15) is 0 Å². The van der Waals surface area contributed by atoms with Crippen LogP contribution in [0.3, 0.4) is 0 Å². The van der Waals surface area contributed by atoms with Crippen LogP contribution in [0, 0.1) is 5.41 Å². The summed E-state index contributed by atoms with van der Waals surface area (Å²) in [6, 6.07) is 3.27. The molecular weight excluding hydrogens is 246 g/mol. The third-order valence-corrected chi connectivity index (χ3v) is 2.88. The molecule has 0 bridgehead atoms. The molecule has 0 saturated carbocycles. The Labute approximate surface area is 112 Å². The van der Waals surface area contributed by atoms with Crippen molar-refractivity contribution in [1.82, 2.24) is 4.98 Å². The van der Waals surface area contributed by atoms with E-state index in [9.17, 15) is 9.59 Å². The zero-order chi connectivity index (χ0) is 14.3. The monoisotopic (exact) mass is 265 g/mol. The number of carbonyl (C=O) groups excluding carboxylic acids is 2. The van der Waals surface area contributed by atoms with Crippen LogP contribution in [0.5, 0.6) is 0 Å². The first-order valence-electron chi connectivity index (χ1n) is 6.21. The van der Waals surface area contributed by atoms with E-state index in [0.717, 1.165) is 0 Å². The summed E-state index contributed by atoms with van der Waals surface area (Å²) in [4.78, 5) is 27.0. The molecule has 1 heterocycles. The summed E-state index contributed by atoms with van der Waals surface area (Å²) in [5, 5.41) is 0. The van der Waals surface area contributed by atoms with Crippen molar-refractivity contribution in [2.24, 2.45) is 5.41 Å². The predicted molar refractivity (Wildman–Crippen MR) is 69.6 cm³/mol. The van der Waals surface area contributed by atoms with Gasteiger partial charge >= 0.3 is 11.9 Å². The van der Waals surface area contributed by atoms with Crippen LogP contribution in [0.4, 0.5) is 0 Å². The Balaban J connectivity index is 2.29. The second-order valence-electron chi connectivity index (χ2n) is 4.75. The fourth-order valence-corrected chi connectivity index (χ4v) is 1.18. The number of pyridine rings is 1. The maximum absolute atomic E-state index is 11.6. The van der Waals surface area contributed by atoms with E-state index in [1.807, 2.05) is 20.8 Å². The highest BCUT2D eigenvalue weighted by atomic mass is 16.6. The van der Waals surface area contributed by atoms with E-state index in [-0.39, 0.29) is 19.2 Å². The van der Waals surface area contributed by atoms with Crippen molar-refractivity contribution in [3.63, 3.8) is 0 Å². The molecule has 5 heteroatoms. The van der Waals surface area contributed by atoms with Gasteiger partial charge in [-0.3, -0.25) is 9.78 Å². The first-order chi connectivity index (χ1) is 8.97. The number of hydrogen-bond acceptors (Lipinski definition) is 5. The molecular formula is C14H19NO4. The Morgan fingerprint density at radius 3 is 2.53 bits per heavy atom. The molecule has 0 atom stereocenters. The second kappa shape index (κ2) is 6.87. The van der Waals surface area contributed by atoms with Crippen LogP contribution in [0.15, 0.2) is 24.5 Å². The first kappa shape index (κ1) is 15.1. The van der Waals surface area contributed by atoms with Gasteiger partial charge in [0.1, 0.15) is 13.2 Å². The number of nitrogens with zero attached hydrogens (tertiary/aromatic N) is 1. The number of carbonyl (C=O) groups is 2. The minimum Gasteiger partial charge on any atom is -0.462 e. The van der Waals surface area contributed by atoms with Gasteiger partial charge < -0.3 is 9.47 Å². The zero-order valence-corrected chi connectivity index (χ0v) is 11.5. The smallest absolute Gasteiger partial charge is 0.339 e. The Hall–Kier alpha value is -1.91. The summed E-state index contributed by atoms with van der Waals surface area (Å²) in [7, 11) is 0. The molecule has 0 unspecified atom stereocenters. The van der Waals surface area contributed by atoms with E-state index in [2.05, 4.69) is 4.98 Å². The molecule has 0 saturated heterocycles. The van der Waals surface area contributed by atoms with E-state index in [4.69, 9.17) is 9.47 Å². The number of hydrogen-bond donors (Lipinski definition) is 0. The molecule has 19 heavy (non-hydrogen) atoms. The highest BCUT2D eigenvalue weighted by Crippen LogP contribution is 2.21. The largest absolute Gasteiger partial charge is 0.462 e. The lowest BCUT2D eigenvalue weighted by molar-refractivity contribution is -0.155. The minimum absolute atomic E-state index is 0.0409. The molecule has 0 amide bonds. The SMILES string of the molecule is CCC(C)(C)C(=O)OCCOC(=O)c1cccnc1. The third-order valence-electron chi connectivity index (χ3n) is 2.88. The standard InChI is InChI=1S/C14H19NO4/c1-4-14(2,3)13(17)19-9-8-18-12(16)11-6-5-7-15-10-11/h5-7,10H,4,8-9H2,1-3H3. The molecule has 0 N–H and O–H groups in total. The van der Waals surface area contributed by atoms with Gasteiger partial charge in [0.2, 0.25) is 0 Å². The number of aromatic nitrogens is 1. The van der Waals surface area contributed by atoms with E-state index in [1.54, 1.807) is 18.3 Å². The molecule has 0 aliphatic heterocycles. The lowest BCUT2D eigenvalue weighted by atomic mass is 9.91. The van der Waals surface area contributed by atoms with E-state index in [0.29, 0.717) is 12.0 Å². The highest BCUT2D eigenvalue weighted by molar-refractivity contribution is 5.88. The molecule has 0 aromatic carbocycles. The number of rotatable bonds is 6. The fraction of sp³-hybridized carbons (Fsp3) is 0.500. The van der Waals surface area contributed by atoms with E-state index < -0.39 is 11.4 Å². The van der Waals surface area contributed by atoms with Gasteiger partial charge in [-0.05, 0) is 32.4 Å². The van der Waals surface area contributed by atoms with Gasteiger partial charge in [0.25, 0.3) is 0 Å². The van der Waals surface area contributed by atoms with Crippen LogP contribution in [0.25, 0.3) is 0 Å². The highest BCUT2D eigenvalue weighted by Gasteiger charge is 2.26. The average Bonchev–Trinajstić information content (AvgIpc) is 2.43. The quantitative estimate of drug-likeness (QED) is 0.583. The molecule has 5 nitrogen and oxygen atoms in total. The lowest BCUT2D eigenvalue weighted by Gasteiger charge is -2.20. The fourth-order valence-electron chi connectivity index (χ4n) is 1.18. The van der Waals surface area contributed by atoms with E-state index >= 15 is 0 Å². The Kier molecular flexibility index (Phi) is 5.48. The Morgan fingerprint density at radius 1 is 1.26 bits per heavy atom. The molecule has 1 aromatic heterocycles. The molecule has 0 fully saturated rings. The van der Waals surface area contributed by atoms with Crippen molar-refractivity contribution in [3.8, 4) is 0 Å². The molecule has 1 rings (SSSR count). The lowest BCUT2D eigenvalue weighted by Crippen LogP contribution is -2.27. The van der Waals surface area contributed by atoms with Gasteiger partial charge in [0, 0.05) is 12.4 Å². The number of ether oxygens (including phenoxy) is 2. The second-order valence-corrected chi connectivity index (χ2v) is 4.75. The van der Waals surface area contributed by atoms with Gasteiger partial charge in [0.15, 0.2) is 0 Å². The van der Waals surface area contributed by atoms with Crippen LogP contribution in [0.2, 0.25) is 0 Å². The minimum atomic E-state index is -0.507. The van der Waals surface area contributed by atoms with Crippen LogP contribution >= 0.6 is 0 Å². The molecule has 0 radical (unpaired) electrons. The molecule has 0 aliphatic rings. The first-order valence-corrected chi connectivity index (χ1v) is 6.21. The third kappa shape index (κ3) is 4.69. The zero-order valence-electron chi connectivity index (χ0n) is 11.5. The van der Waals surface area contributed by atoms with Crippen LogP contribution in [-0.2, 0) is 14.3 Å². The van der Waals surface area contributed by atoms with Gasteiger partial charge in [-0.1, -0.05) is 6.92 Å². The van der Waals surface area contributed by atoms with Crippen molar-refractivity contribution in [3.05, 3.63) is 30.1 Å². The van der Waals surface area contributed by atoms with Gasteiger partial charge in [-0.25, -0.2) is 4.79 Å². The normalized spacial score (nSPS) is 10.9. The van der Waals surface area contributed by atoms with Gasteiger partial charge in [0.05, 0.1) is 11.0 Å². The van der Waals surface area contributed by atoms with Crippen molar-refractivity contribution in [2.45, 2.75) is 27.2 Å². The maximum atomic E-state index is 11.6. The average molecular weight is 265 g/mol. The van der Waals surface area contributed by atoms with Crippen molar-refractivity contribution >= 4 is 11.9 Å². The summed E-state index contributed by atoms with van der Waals surface area (Å²) in [6.07, 6.45) is 3.70. The Bertz CT molecular complexity index is 428. The molecule has 104 valence electrons. The predicted octanol–water partition coefficient (Wildman–Crippen LogP) is 2.22. The summed E-state index contributed by atoms with van der Waals surface area (Å²) in [5.74, 6) is -0.758. The summed E-state index contributed by atoms with van der Waals surface area (Å²) in [6.45, 7) is 5.66. The van der Waals surface area contributed by atoms with E-state index in [1.165, 1.54) is 6.20 Å². The van der Waals surface area contributed by atoms with Crippen LogP contribution < -0.4 is 0 Å². The maximum Gasteiger partial charge on any atom is 0.339 e. The molecule has 0 aliphatic carbocycles. The molecule has 0 spiro atoms. The van der Waals surface area contributed by atoms with Crippen LogP contribution in [0.1, 0.15) is 37.6 Å².